The summed E-state index contributed by atoms with van der Waals surface area (Å²) in [6, 6.07) is 8.94. The van der Waals surface area contributed by atoms with Gasteiger partial charge in [-0.3, -0.25) is 9.59 Å². The van der Waals surface area contributed by atoms with Crippen molar-refractivity contribution in [3.8, 4) is 17.2 Å². The lowest BCUT2D eigenvalue weighted by Crippen LogP contribution is -2.31. The quantitative estimate of drug-likeness (QED) is 0.226. The Morgan fingerprint density at radius 3 is 2.40 bits per heavy atom. The Balaban J connectivity index is 2.08. The van der Waals surface area contributed by atoms with Crippen LogP contribution in [-0.2, 0) is 14.3 Å². The average Bonchev–Trinajstić information content (AvgIpc) is 3.07. The number of Topliss-reactive ketones (excluding diaryl/α,β-unsaturated/α-hetero) is 1. The van der Waals surface area contributed by atoms with E-state index in [1.165, 1.54) is 18.1 Å². The molecule has 0 spiro atoms. The number of likely N-dealkylation sites (tertiary alicyclic amines) is 1. The van der Waals surface area contributed by atoms with E-state index in [-0.39, 0.29) is 29.4 Å². The molecule has 0 aliphatic carbocycles. The van der Waals surface area contributed by atoms with Crippen molar-refractivity contribution in [3.05, 3.63) is 58.7 Å². The number of benzene rings is 2. The minimum atomic E-state index is -0.874. The van der Waals surface area contributed by atoms with Crippen molar-refractivity contribution < 1.29 is 34.0 Å². The van der Waals surface area contributed by atoms with Crippen LogP contribution >= 0.6 is 0 Å². The summed E-state index contributed by atoms with van der Waals surface area (Å²) >= 11 is 0. The molecule has 1 aliphatic rings. The van der Waals surface area contributed by atoms with Crippen LogP contribution in [0.4, 0.5) is 0 Å². The lowest BCUT2D eigenvalue weighted by molar-refractivity contribution is -0.140. The first kappa shape index (κ1) is 26.1. The van der Waals surface area contributed by atoms with Crippen molar-refractivity contribution >= 4 is 17.4 Å². The molecule has 1 fully saturated rings. The smallest absolute Gasteiger partial charge is 0.295 e. The molecule has 8 nitrogen and oxygen atoms in total. The fourth-order valence-corrected chi connectivity index (χ4v) is 4.08. The number of phenolic OH excluding ortho intramolecular Hbond substituents is 1. The topological polar surface area (TPSA) is 106 Å². The van der Waals surface area contributed by atoms with E-state index in [2.05, 4.69) is 13.8 Å². The number of amides is 1. The maximum Gasteiger partial charge on any atom is 0.295 e. The highest BCUT2D eigenvalue weighted by atomic mass is 16.5. The first-order valence-corrected chi connectivity index (χ1v) is 11.6. The van der Waals surface area contributed by atoms with Crippen LogP contribution in [0.5, 0.6) is 17.2 Å². The minimum Gasteiger partial charge on any atom is -0.507 e. The van der Waals surface area contributed by atoms with E-state index in [0.29, 0.717) is 42.4 Å². The van der Waals surface area contributed by atoms with Gasteiger partial charge in [0.05, 0.1) is 25.3 Å². The van der Waals surface area contributed by atoms with Gasteiger partial charge in [-0.15, -0.1) is 0 Å². The second-order valence-electron chi connectivity index (χ2n) is 8.96. The molecule has 1 atom stereocenters. The molecule has 1 aliphatic heterocycles. The monoisotopic (exact) mass is 483 g/mol. The van der Waals surface area contributed by atoms with Gasteiger partial charge in [0.2, 0.25) is 0 Å². The van der Waals surface area contributed by atoms with Crippen LogP contribution in [0.1, 0.15) is 43.0 Å². The molecule has 1 saturated heterocycles. The summed E-state index contributed by atoms with van der Waals surface area (Å²) in [7, 11) is 2.99. The van der Waals surface area contributed by atoms with Gasteiger partial charge in [0.15, 0.2) is 11.5 Å². The van der Waals surface area contributed by atoms with Gasteiger partial charge < -0.3 is 29.3 Å². The summed E-state index contributed by atoms with van der Waals surface area (Å²) in [5, 5.41) is 21.6. The number of rotatable bonds is 10. The molecule has 1 amide bonds. The Morgan fingerprint density at radius 2 is 1.80 bits per heavy atom. The maximum atomic E-state index is 13.1. The summed E-state index contributed by atoms with van der Waals surface area (Å²) in [4.78, 5) is 27.5. The summed E-state index contributed by atoms with van der Waals surface area (Å²) in [6.07, 6.45) is 0.503. The van der Waals surface area contributed by atoms with Crippen LogP contribution in [0.3, 0.4) is 0 Å². The summed E-state index contributed by atoms with van der Waals surface area (Å²) < 4.78 is 16.0. The molecule has 2 N–H and O–H groups in total. The Kier molecular flexibility index (Phi) is 8.40. The number of aliphatic hydroxyl groups excluding tert-OH is 1. The Hall–Kier alpha value is -3.52. The molecular formula is C27H33NO7. The van der Waals surface area contributed by atoms with Crippen molar-refractivity contribution in [2.24, 2.45) is 5.92 Å². The number of ketones is 1. The van der Waals surface area contributed by atoms with Gasteiger partial charge in [-0.2, -0.15) is 0 Å². The largest absolute Gasteiger partial charge is 0.507 e. The highest BCUT2D eigenvalue weighted by Crippen LogP contribution is 2.42. The maximum absolute atomic E-state index is 13.1. The normalized spacial score (nSPS) is 17.3. The van der Waals surface area contributed by atoms with Gasteiger partial charge >= 0.3 is 0 Å². The van der Waals surface area contributed by atoms with E-state index >= 15 is 0 Å². The highest BCUT2D eigenvalue weighted by Gasteiger charge is 2.46. The zero-order chi connectivity index (χ0) is 25.7. The summed E-state index contributed by atoms with van der Waals surface area (Å²) in [5.41, 5.74) is 1.64. The third-order valence-electron chi connectivity index (χ3n) is 5.83. The number of nitrogens with zero attached hydrogens (tertiary/aromatic N) is 1. The second-order valence-corrected chi connectivity index (χ2v) is 8.96. The van der Waals surface area contributed by atoms with E-state index < -0.39 is 17.7 Å². The van der Waals surface area contributed by atoms with Crippen molar-refractivity contribution in [2.45, 2.75) is 33.2 Å². The number of aromatic hydroxyl groups is 1. The van der Waals surface area contributed by atoms with Crippen LogP contribution in [0.15, 0.2) is 42.0 Å². The molecule has 3 rings (SSSR count). The SMILES string of the molecule is COCCCN1C(=O)C(=O)/C(=C(\O)c2ccc(OCC(C)C)c(C)c2)C1c1ccc(OC)c(O)c1. The van der Waals surface area contributed by atoms with Gasteiger partial charge in [0.25, 0.3) is 11.7 Å². The van der Waals surface area contributed by atoms with Crippen molar-refractivity contribution in [2.75, 3.05) is 34.0 Å². The zero-order valence-corrected chi connectivity index (χ0v) is 20.8. The first-order chi connectivity index (χ1) is 16.7. The van der Waals surface area contributed by atoms with Crippen molar-refractivity contribution in [1.29, 1.82) is 0 Å². The Labute approximate surface area is 205 Å². The van der Waals surface area contributed by atoms with Crippen molar-refractivity contribution in [3.63, 3.8) is 0 Å². The van der Waals surface area contributed by atoms with Crippen LogP contribution in [0, 0.1) is 12.8 Å². The summed E-state index contributed by atoms with van der Waals surface area (Å²) in [6.45, 7) is 7.17. The fourth-order valence-electron chi connectivity index (χ4n) is 4.08. The number of hydrogen-bond acceptors (Lipinski definition) is 7. The van der Waals surface area contributed by atoms with E-state index in [4.69, 9.17) is 14.2 Å². The molecule has 0 radical (unpaired) electrons. The molecule has 1 heterocycles. The van der Waals surface area contributed by atoms with Crippen LogP contribution in [-0.4, -0.2) is 60.8 Å². The fraction of sp³-hybridized carbons (Fsp3) is 0.407. The third kappa shape index (κ3) is 5.59. The van der Waals surface area contributed by atoms with Gasteiger partial charge in [-0.05, 0) is 60.7 Å². The van der Waals surface area contributed by atoms with E-state index in [9.17, 15) is 19.8 Å². The molecule has 0 aromatic heterocycles. The number of hydrogen-bond donors (Lipinski definition) is 2. The molecule has 188 valence electrons. The molecule has 35 heavy (non-hydrogen) atoms. The first-order valence-electron chi connectivity index (χ1n) is 11.6. The van der Waals surface area contributed by atoms with Gasteiger partial charge in [0.1, 0.15) is 11.5 Å². The number of aryl methyl sites for hydroxylation is 1. The third-order valence-corrected chi connectivity index (χ3v) is 5.83. The zero-order valence-electron chi connectivity index (χ0n) is 20.8. The number of aliphatic hydroxyl groups is 1. The predicted octanol–water partition coefficient (Wildman–Crippen LogP) is 4.20. The summed E-state index contributed by atoms with van der Waals surface area (Å²) in [5.74, 6) is -0.594. The van der Waals surface area contributed by atoms with E-state index in [0.717, 1.165) is 5.56 Å². The van der Waals surface area contributed by atoms with Gasteiger partial charge in [-0.1, -0.05) is 19.9 Å². The number of ether oxygens (including phenoxy) is 3. The standard InChI is InChI=1S/C27H33NO7/c1-16(2)15-35-21-9-8-19(13-17(21)3)25(30)23-24(18-7-10-22(34-5)20(29)14-18)28(11-6-12-33-4)27(32)26(23)31/h7-10,13-14,16,24,29-30H,6,11-12,15H2,1-5H3/b25-23-. The molecule has 8 heteroatoms. The highest BCUT2D eigenvalue weighted by molar-refractivity contribution is 6.46. The number of methoxy groups -OCH3 is 2. The van der Waals surface area contributed by atoms with Crippen molar-refractivity contribution in [1.82, 2.24) is 4.90 Å². The van der Waals surface area contributed by atoms with E-state index in [1.807, 2.05) is 6.92 Å². The second kappa shape index (κ2) is 11.3. The molecule has 2 aromatic rings. The lowest BCUT2D eigenvalue weighted by atomic mass is 9.94. The molecule has 2 aromatic carbocycles. The number of carbonyl (C=O) groups excluding carboxylic acids is 2. The van der Waals surface area contributed by atoms with Gasteiger partial charge in [-0.25, -0.2) is 0 Å². The Bertz CT molecular complexity index is 1120. The number of phenols is 1. The molecule has 1 unspecified atom stereocenters. The molecular weight excluding hydrogens is 450 g/mol. The van der Waals surface area contributed by atoms with Crippen LogP contribution < -0.4 is 9.47 Å². The lowest BCUT2D eigenvalue weighted by Gasteiger charge is -2.25. The average molecular weight is 484 g/mol. The van der Waals surface area contributed by atoms with E-state index in [1.54, 1.807) is 37.4 Å². The van der Waals surface area contributed by atoms with Crippen LogP contribution in [0.2, 0.25) is 0 Å². The number of carbonyl (C=O) groups is 2. The van der Waals surface area contributed by atoms with Gasteiger partial charge in [0, 0.05) is 25.8 Å². The predicted molar refractivity (Wildman–Crippen MR) is 132 cm³/mol. The molecule has 0 bridgehead atoms. The Morgan fingerprint density at radius 1 is 1.09 bits per heavy atom. The minimum absolute atomic E-state index is 0.0350. The molecule has 0 saturated carbocycles. The van der Waals surface area contributed by atoms with Crippen LogP contribution in [0.25, 0.3) is 5.76 Å².